The molecule has 0 spiro atoms. The first-order chi connectivity index (χ1) is 9.34. The number of fused-ring (bicyclic) bond motifs is 1. The van der Waals surface area contributed by atoms with Crippen molar-refractivity contribution in [2.24, 2.45) is 5.92 Å². The Bertz CT molecular complexity index is 541. The molecule has 2 unspecified atom stereocenters. The topological polar surface area (TPSA) is 37.0 Å². The number of rotatable bonds is 3. The van der Waals surface area contributed by atoms with E-state index in [1.54, 1.807) is 0 Å². The van der Waals surface area contributed by atoms with Crippen LogP contribution >= 0.6 is 0 Å². The van der Waals surface area contributed by atoms with Crippen LogP contribution in [0.1, 0.15) is 19.8 Å². The number of pyridine rings is 1. The first-order valence-corrected chi connectivity index (χ1v) is 7.15. The molecular formula is C16H21N3. The fraction of sp³-hybridized carbons (Fsp3) is 0.438. The van der Waals surface area contributed by atoms with E-state index in [9.17, 15) is 0 Å². The van der Waals surface area contributed by atoms with Gasteiger partial charge >= 0.3 is 0 Å². The summed E-state index contributed by atoms with van der Waals surface area (Å²) >= 11 is 0. The number of benzene rings is 1. The Hall–Kier alpha value is -1.61. The molecule has 3 heteroatoms. The largest absolute Gasteiger partial charge is 0.367 e. The second-order valence-electron chi connectivity index (χ2n) is 5.42. The van der Waals surface area contributed by atoms with Crippen molar-refractivity contribution in [3.63, 3.8) is 0 Å². The van der Waals surface area contributed by atoms with Crippen LogP contribution in [0.25, 0.3) is 10.8 Å². The van der Waals surface area contributed by atoms with Gasteiger partial charge in [-0.1, -0.05) is 24.3 Å². The molecule has 19 heavy (non-hydrogen) atoms. The van der Waals surface area contributed by atoms with Crippen LogP contribution < -0.4 is 10.6 Å². The van der Waals surface area contributed by atoms with Crippen LogP contribution in [0.5, 0.6) is 0 Å². The summed E-state index contributed by atoms with van der Waals surface area (Å²) in [4.78, 5) is 4.51. The van der Waals surface area contributed by atoms with Crippen molar-refractivity contribution in [1.82, 2.24) is 10.3 Å². The van der Waals surface area contributed by atoms with E-state index in [1.165, 1.54) is 23.6 Å². The minimum Gasteiger partial charge on any atom is -0.367 e. The lowest BCUT2D eigenvalue weighted by Crippen LogP contribution is -2.38. The van der Waals surface area contributed by atoms with E-state index in [1.807, 2.05) is 6.20 Å². The number of hydrogen-bond donors (Lipinski definition) is 2. The van der Waals surface area contributed by atoms with Crippen LogP contribution in [0, 0.1) is 5.92 Å². The van der Waals surface area contributed by atoms with E-state index in [4.69, 9.17) is 0 Å². The lowest BCUT2D eigenvalue weighted by Gasteiger charge is -2.29. The lowest BCUT2D eigenvalue weighted by atomic mass is 9.93. The van der Waals surface area contributed by atoms with Gasteiger partial charge in [0.25, 0.3) is 0 Å². The van der Waals surface area contributed by atoms with Gasteiger partial charge in [-0.2, -0.15) is 0 Å². The van der Waals surface area contributed by atoms with Crippen LogP contribution in [-0.4, -0.2) is 24.1 Å². The monoisotopic (exact) mass is 255 g/mol. The molecule has 3 rings (SSSR count). The van der Waals surface area contributed by atoms with Gasteiger partial charge in [-0.3, -0.25) is 0 Å². The van der Waals surface area contributed by atoms with E-state index in [0.717, 1.165) is 18.9 Å². The van der Waals surface area contributed by atoms with Crippen molar-refractivity contribution >= 4 is 16.6 Å². The van der Waals surface area contributed by atoms with Crippen LogP contribution in [0.4, 0.5) is 5.82 Å². The number of nitrogens with one attached hydrogen (secondary N) is 2. The smallest absolute Gasteiger partial charge is 0.134 e. The molecule has 2 atom stereocenters. The van der Waals surface area contributed by atoms with Crippen LogP contribution in [0.15, 0.2) is 36.5 Å². The highest BCUT2D eigenvalue weighted by atomic mass is 15.0. The van der Waals surface area contributed by atoms with E-state index < -0.39 is 0 Å². The molecule has 0 radical (unpaired) electrons. The third kappa shape index (κ3) is 2.71. The predicted molar refractivity (Wildman–Crippen MR) is 80.4 cm³/mol. The first-order valence-electron chi connectivity index (χ1n) is 7.15. The molecule has 1 aliphatic heterocycles. The van der Waals surface area contributed by atoms with Crippen LogP contribution in [-0.2, 0) is 0 Å². The SMILES string of the molecule is CC(Nc1nccc2ccccc12)C1CCCNC1. The zero-order valence-electron chi connectivity index (χ0n) is 11.4. The molecule has 100 valence electrons. The normalized spacial score (nSPS) is 21.2. The Morgan fingerprint density at radius 3 is 3.05 bits per heavy atom. The van der Waals surface area contributed by atoms with E-state index in [-0.39, 0.29) is 0 Å². The van der Waals surface area contributed by atoms with Gasteiger partial charge in [0.1, 0.15) is 5.82 Å². The van der Waals surface area contributed by atoms with Gasteiger partial charge < -0.3 is 10.6 Å². The molecule has 3 nitrogen and oxygen atoms in total. The maximum atomic E-state index is 4.51. The lowest BCUT2D eigenvalue weighted by molar-refractivity contribution is 0.347. The molecule has 1 saturated heterocycles. The van der Waals surface area contributed by atoms with Gasteiger partial charge in [0.15, 0.2) is 0 Å². The highest BCUT2D eigenvalue weighted by Crippen LogP contribution is 2.23. The fourth-order valence-electron chi connectivity index (χ4n) is 2.87. The second-order valence-corrected chi connectivity index (χ2v) is 5.42. The summed E-state index contributed by atoms with van der Waals surface area (Å²) in [6, 6.07) is 10.9. The van der Waals surface area contributed by atoms with Crippen molar-refractivity contribution in [2.75, 3.05) is 18.4 Å². The molecule has 0 amide bonds. The number of hydrogen-bond acceptors (Lipinski definition) is 3. The minimum atomic E-state index is 0.450. The first kappa shape index (κ1) is 12.4. The third-order valence-corrected chi connectivity index (χ3v) is 4.08. The van der Waals surface area contributed by atoms with Crippen molar-refractivity contribution in [2.45, 2.75) is 25.8 Å². The third-order valence-electron chi connectivity index (χ3n) is 4.08. The molecule has 0 bridgehead atoms. The average Bonchev–Trinajstić information content (AvgIpc) is 2.48. The fourth-order valence-corrected chi connectivity index (χ4v) is 2.87. The van der Waals surface area contributed by atoms with Crippen LogP contribution in [0.3, 0.4) is 0 Å². The molecule has 1 aromatic carbocycles. The number of piperidine rings is 1. The van der Waals surface area contributed by atoms with Crippen molar-refractivity contribution in [3.05, 3.63) is 36.5 Å². The molecule has 2 aromatic rings. The summed E-state index contributed by atoms with van der Waals surface area (Å²) in [5.74, 6) is 1.70. The maximum absolute atomic E-state index is 4.51. The summed E-state index contributed by atoms with van der Waals surface area (Å²) in [5, 5.41) is 9.54. The van der Waals surface area contributed by atoms with Gasteiger partial charge in [-0.15, -0.1) is 0 Å². The Kier molecular flexibility index (Phi) is 3.65. The molecule has 1 aromatic heterocycles. The van der Waals surface area contributed by atoms with Gasteiger partial charge in [-0.25, -0.2) is 4.98 Å². The standard InChI is InChI=1S/C16H21N3/c1-12(14-6-4-9-17-11-14)19-16-15-7-3-2-5-13(15)8-10-18-16/h2-3,5,7-8,10,12,14,17H,4,6,9,11H2,1H3,(H,18,19). The van der Waals surface area contributed by atoms with E-state index in [2.05, 4.69) is 52.9 Å². The Labute approximate surface area is 114 Å². The zero-order valence-corrected chi connectivity index (χ0v) is 11.4. The zero-order chi connectivity index (χ0) is 13.1. The average molecular weight is 255 g/mol. The Balaban J connectivity index is 1.80. The van der Waals surface area contributed by atoms with Gasteiger partial charge in [0, 0.05) is 17.6 Å². The molecule has 0 saturated carbocycles. The van der Waals surface area contributed by atoms with Crippen molar-refractivity contribution < 1.29 is 0 Å². The predicted octanol–water partition coefficient (Wildman–Crippen LogP) is 3.03. The van der Waals surface area contributed by atoms with E-state index >= 15 is 0 Å². The minimum absolute atomic E-state index is 0.450. The second kappa shape index (κ2) is 5.57. The Morgan fingerprint density at radius 2 is 2.21 bits per heavy atom. The van der Waals surface area contributed by atoms with Gasteiger partial charge in [-0.05, 0) is 50.2 Å². The summed E-state index contributed by atoms with van der Waals surface area (Å²) in [6.07, 6.45) is 4.46. The highest BCUT2D eigenvalue weighted by Gasteiger charge is 2.20. The highest BCUT2D eigenvalue weighted by molar-refractivity contribution is 5.91. The van der Waals surface area contributed by atoms with Crippen LogP contribution in [0.2, 0.25) is 0 Å². The molecule has 1 aliphatic rings. The summed E-state index contributed by atoms with van der Waals surface area (Å²) in [6.45, 7) is 4.54. The van der Waals surface area contributed by atoms with Gasteiger partial charge in [0.2, 0.25) is 0 Å². The van der Waals surface area contributed by atoms with Gasteiger partial charge in [0.05, 0.1) is 0 Å². The summed E-state index contributed by atoms with van der Waals surface area (Å²) in [7, 11) is 0. The van der Waals surface area contributed by atoms with Crippen molar-refractivity contribution in [3.8, 4) is 0 Å². The molecule has 2 N–H and O–H groups in total. The van der Waals surface area contributed by atoms with Crippen molar-refractivity contribution in [1.29, 1.82) is 0 Å². The summed E-state index contributed by atoms with van der Waals surface area (Å²) in [5.41, 5.74) is 0. The number of anilines is 1. The Morgan fingerprint density at radius 1 is 1.32 bits per heavy atom. The molecule has 2 heterocycles. The quantitative estimate of drug-likeness (QED) is 0.885. The number of aromatic nitrogens is 1. The molecule has 1 fully saturated rings. The number of nitrogens with zero attached hydrogens (tertiary/aromatic N) is 1. The summed E-state index contributed by atoms with van der Waals surface area (Å²) < 4.78 is 0. The molecule has 0 aliphatic carbocycles. The molecular weight excluding hydrogens is 234 g/mol. The van der Waals surface area contributed by atoms with E-state index in [0.29, 0.717) is 12.0 Å². The maximum Gasteiger partial charge on any atom is 0.134 e.